The third-order valence-electron chi connectivity index (χ3n) is 3.61. The van der Waals surface area contributed by atoms with E-state index in [2.05, 4.69) is 27.5 Å². The number of hydrogen-bond donors (Lipinski definition) is 1. The smallest absolute Gasteiger partial charge is 0.178 e. The highest BCUT2D eigenvalue weighted by Crippen LogP contribution is 2.27. The van der Waals surface area contributed by atoms with Crippen LogP contribution in [-0.4, -0.2) is 25.9 Å². The van der Waals surface area contributed by atoms with E-state index in [1.54, 1.807) is 4.52 Å². The van der Waals surface area contributed by atoms with Crippen molar-refractivity contribution in [2.45, 2.75) is 39.2 Å². The molecule has 2 heterocycles. The van der Waals surface area contributed by atoms with Crippen molar-refractivity contribution in [3.05, 3.63) is 18.0 Å². The maximum Gasteiger partial charge on any atom is 0.178 e. The van der Waals surface area contributed by atoms with E-state index in [0.29, 0.717) is 6.04 Å². The Bertz CT molecular complexity index is 533. The van der Waals surface area contributed by atoms with Crippen molar-refractivity contribution in [2.75, 3.05) is 5.32 Å². The van der Waals surface area contributed by atoms with Crippen molar-refractivity contribution in [1.29, 1.82) is 0 Å². The molecule has 1 saturated carbocycles. The van der Waals surface area contributed by atoms with Gasteiger partial charge in [0.05, 0.1) is 0 Å². The van der Waals surface area contributed by atoms with Gasteiger partial charge in [0, 0.05) is 6.04 Å². The van der Waals surface area contributed by atoms with Gasteiger partial charge >= 0.3 is 0 Å². The van der Waals surface area contributed by atoms with Crippen LogP contribution in [0.3, 0.4) is 0 Å². The maximum absolute atomic E-state index is 4.51. The number of anilines is 1. The van der Waals surface area contributed by atoms with E-state index in [0.717, 1.165) is 23.2 Å². The fourth-order valence-electron chi connectivity index (χ4n) is 2.52. The predicted molar refractivity (Wildman–Crippen MR) is 65.9 cm³/mol. The molecule has 0 radical (unpaired) electrons. The van der Waals surface area contributed by atoms with Crippen LogP contribution in [0.4, 0.5) is 5.82 Å². The first-order valence-electron chi connectivity index (χ1n) is 6.19. The Balaban J connectivity index is 1.87. The van der Waals surface area contributed by atoms with E-state index in [-0.39, 0.29) is 0 Å². The summed E-state index contributed by atoms with van der Waals surface area (Å²) in [6.07, 6.45) is 3.86. The molecule has 1 fully saturated rings. The molecule has 0 aromatic carbocycles. The molecular formula is C12H17N5. The largest absolute Gasteiger partial charge is 0.366 e. The number of hydrogen-bond acceptors (Lipinski definition) is 4. The first-order valence-corrected chi connectivity index (χ1v) is 6.19. The first kappa shape index (κ1) is 10.5. The Morgan fingerprint density at radius 3 is 2.94 bits per heavy atom. The molecule has 2 atom stereocenters. The molecule has 0 amide bonds. The maximum atomic E-state index is 4.51. The molecule has 90 valence electrons. The van der Waals surface area contributed by atoms with Crippen LogP contribution in [0.1, 0.15) is 32.0 Å². The zero-order valence-electron chi connectivity index (χ0n) is 10.2. The second-order valence-electron chi connectivity index (χ2n) is 4.89. The van der Waals surface area contributed by atoms with Gasteiger partial charge in [0.15, 0.2) is 11.5 Å². The summed E-state index contributed by atoms with van der Waals surface area (Å²) >= 11 is 0. The second kappa shape index (κ2) is 3.98. The molecule has 1 N–H and O–H groups in total. The standard InChI is InChI=1S/C12H17N5/c1-8-4-3-5-10(8)13-11-6-7-12-15-14-9(2)17(12)16-11/h6-8,10H,3-5H2,1-2H3,(H,13,16). The lowest BCUT2D eigenvalue weighted by Gasteiger charge is -2.17. The van der Waals surface area contributed by atoms with Gasteiger partial charge in [-0.2, -0.15) is 4.52 Å². The molecule has 17 heavy (non-hydrogen) atoms. The van der Waals surface area contributed by atoms with Gasteiger partial charge in [-0.05, 0) is 37.8 Å². The summed E-state index contributed by atoms with van der Waals surface area (Å²) in [5, 5.41) is 16.1. The summed E-state index contributed by atoms with van der Waals surface area (Å²) in [5.41, 5.74) is 0.799. The Morgan fingerprint density at radius 2 is 2.18 bits per heavy atom. The van der Waals surface area contributed by atoms with Crippen molar-refractivity contribution < 1.29 is 0 Å². The fourth-order valence-corrected chi connectivity index (χ4v) is 2.52. The van der Waals surface area contributed by atoms with Gasteiger partial charge in [-0.15, -0.1) is 15.3 Å². The molecule has 2 aromatic heterocycles. The van der Waals surface area contributed by atoms with E-state index in [4.69, 9.17) is 0 Å². The summed E-state index contributed by atoms with van der Waals surface area (Å²) < 4.78 is 1.78. The minimum atomic E-state index is 0.553. The minimum Gasteiger partial charge on any atom is -0.366 e. The van der Waals surface area contributed by atoms with Crippen LogP contribution in [0.5, 0.6) is 0 Å². The molecule has 3 rings (SSSR count). The average molecular weight is 231 g/mol. The van der Waals surface area contributed by atoms with Gasteiger partial charge in [-0.3, -0.25) is 0 Å². The van der Waals surface area contributed by atoms with E-state index in [9.17, 15) is 0 Å². The van der Waals surface area contributed by atoms with E-state index < -0.39 is 0 Å². The topological polar surface area (TPSA) is 55.1 Å². The molecule has 1 aliphatic rings. The lowest BCUT2D eigenvalue weighted by molar-refractivity contribution is 0.553. The third-order valence-corrected chi connectivity index (χ3v) is 3.61. The Morgan fingerprint density at radius 1 is 1.29 bits per heavy atom. The third kappa shape index (κ3) is 1.85. The monoisotopic (exact) mass is 231 g/mol. The van der Waals surface area contributed by atoms with Gasteiger partial charge in [0.1, 0.15) is 5.82 Å². The van der Waals surface area contributed by atoms with Crippen molar-refractivity contribution >= 4 is 11.5 Å². The highest BCUT2D eigenvalue weighted by atomic mass is 15.4. The lowest BCUT2D eigenvalue weighted by atomic mass is 10.1. The van der Waals surface area contributed by atoms with Crippen molar-refractivity contribution in [3.63, 3.8) is 0 Å². The summed E-state index contributed by atoms with van der Waals surface area (Å²) in [6.45, 7) is 4.21. The Hall–Kier alpha value is -1.65. The quantitative estimate of drug-likeness (QED) is 0.859. The van der Waals surface area contributed by atoms with Gasteiger partial charge in [-0.1, -0.05) is 13.3 Å². The van der Waals surface area contributed by atoms with Gasteiger partial charge in [0.25, 0.3) is 0 Å². The van der Waals surface area contributed by atoms with Crippen LogP contribution in [0.15, 0.2) is 12.1 Å². The predicted octanol–water partition coefficient (Wildman–Crippen LogP) is 2.03. The molecule has 1 aliphatic carbocycles. The summed E-state index contributed by atoms with van der Waals surface area (Å²) in [5.74, 6) is 2.47. The van der Waals surface area contributed by atoms with Gasteiger partial charge in [-0.25, -0.2) is 0 Å². The summed E-state index contributed by atoms with van der Waals surface area (Å²) in [7, 11) is 0. The SMILES string of the molecule is Cc1nnc2ccc(NC3CCCC3C)nn12. The molecule has 5 heteroatoms. The highest BCUT2D eigenvalue weighted by Gasteiger charge is 2.23. The Kier molecular flexibility index (Phi) is 2.46. The van der Waals surface area contributed by atoms with Crippen molar-refractivity contribution in [1.82, 2.24) is 19.8 Å². The number of aromatic nitrogens is 4. The first-order chi connectivity index (χ1) is 8.24. The molecular weight excluding hydrogens is 214 g/mol. The van der Waals surface area contributed by atoms with E-state index in [1.807, 2.05) is 19.1 Å². The zero-order chi connectivity index (χ0) is 11.8. The van der Waals surface area contributed by atoms with Crippen LogP contribution < -0.4 is 5.32 Å². The highest BCUT2D eigenvalue weighted by molar-refractivity contribution is 5.44. The lowest BCUT2D eigenvalue weighted by Crippen LogP contribution is -2.22. The molecule has 0 aliphatic heterocycles. The summed E-state index contributed by atoms with van der Waals surface area (Å²) in [6, 6.07) is 4.49. The van der Waals surface area contributed by atoms with E-state index >= 15 is 0 Å². The molecule has 0 spiro atoms. The van der Waals surface area contributed by atoms with Crippen LogP contribution in [0.25, 0.3) is 5.65 Å². The minimum absolute atomic E-state index is 0.553. The normalized spacial score (nSPS) is 24.4. The van der Waals surface area contributed by atoms with Crippen LogP contribution in [0, 0.1) is 12.8 Å². The van der Waals surface area contributed by atoms with Gasteiger partial charge < -0.3 is 5.32 Å². The van der Waals surface area contributed by atoms with E-state index in [1.165, 1.54) is 19.3 Å². The number of nitrogens with zero attached hydrogens (tertiary/aromatic N) is 4. The second-order valence-corrected chi connectivity index (χ2v) is 4.89. The number of fused-ring (bicyclic) bond motifs is 1. The number of rotatable bonds is 2. The Labute approximate surface area is 100 Å². The number of nitrogens with one attached hydrogen (secondary N) is 1. The average Bonchev–Trinajstić information content (AvgIpc) is 2.88. The zero-order valence-corrected chi connectivity index (χ0v) is 10.2. The molecule has 2 unspecified atom stereocenters. The van der Waals surface area contributed by atoms with Crippen molar-refractivity contribution in [2.24, 2.45) is 5.92 Å². The molecule has 5 nitrogen and oxygen atoms in total. The van der Waals surface area contributed by atoms with Gasteiger partial charge in [0.2, 0.25) is 0 Å². The number of aryl methyl sites for hydroxylation is 1. The van der Waals surface area contributed by atoms with Crippen LogP contribution in [-0.2, 0) is 0 Å². The van der Waals surface area contributed by atoms with Crippen LogP contribution in [0.2, 0.25) is 0 Å². The molecule has 0 bridgehead atoms. The van der Waals surface area contributed by atoms with Crippen molar-refractivity contribution in [3.8, 4) is 0 Å². The summed E-state index contributed by atoms with van der Waals surface area (Å²) in [4.78, 5) is 0. The molecule has 0 saturated heterocycles. The molecule has 2 aromatic rings. The van der Waals surface area contributed by atoms with Crippen LogP contribution >= 0.6 is 0 Å². The fraction of sp³-hybridized carbons (Fsp3) is 0.583.